The van der Waals surface area contributed by atoms with Crippen LogP contribution in [0.15, 0.2) is 47.6 Å². The van der Waals surface area contributed by atoms with Crippen LogP contribution in [0, 0.1) is 0 Å². The Morgan fingerprint density at radius 3 is 2.71 bits per heavy atom. The topological polar surface area (TPSA) is 117 Å². The Morgan fingerprint density at radius 1 is 1.25 bits per heavy atom. The van der Waals surface area contributed by atoms with Crippen molar-refractivity contribution in [3.8, 4) is 5.82 Å². The molecule has 0 saturated carbocycles. The van der Waals surface area contributed by atoms with Gasteiger partial charge in [-0.1, -0.05) is 18.2 Å². The molecule has 0 unspecified atom stereocenters. The Bertz CT molecular complexity index is 1030. The number of nitrogens with zero attached hydrogens (tertiary/aromatic N) is 3. The molecule has 1 aromatic carbocycles. The molecule has 9 heteroatoms. The third-order valence-electron chi connectivity index (χ3n) is 3.29. The Kier molecular flexibility index (Phi) is 4.04. The Labute approximate surface area is 137 Å². The van der Waals surface area contributed by atoms with Gasteiger partial charge < -0.3 is 4.74 Å². The summed E-state index contributed by atoms with van der Waals surface area (Å²) in [6, 6.07) is 10.7. The summed E-state index contributed by atoms with van der Waals surface area (Å²) in [6.07, 6.45) is 1.11. The molecule has 3 aromatic rings. The molecule has 0 radical (unpaired) electrons. The number of hydrogen-bond donors (Lipinski definition) is 1. The van der Waals surface area contributed by atoms with Crippen molar-refractivity contribution in [3.63, 3.8) is 0 Å². The van der Waals surface area contributed by atoms with Gasteiger partial charge >= 0.3 is 5.97 Å². The number of para-hydroxylation sites is 1. The molecule has 0 aliphatic rings. The summed E-state index contributed by atoms with van der Waals surface area (Å²) in [5.41, 5.74) is 0.429. The summed E-state index contributed by atoms with van der Waals surface area (Å²) in [5.74, 6) is -0.582. The number of ether oxygens (including phenoxy) is 1. The molecular formula is C15H14N4O4S. The van der Waals surface area contributed by atoms with Crippen LogP contribution in [0.4, 0.5) is 0 Å². The van der Waals surface area contributed by atoms with Gasteiger partial charge in [0.2, 0.25) is 0 Å². The SMILES string of the molecule is CCOC(=O)c1cnn(-c2ccc3ccccc3n2)c1S(N)(=O)=O. The number of sulfonamides is 1. The van der Waals surface area contributed by atoms with Crippen molar-refractivity contribution in [2.24, 2.45) is 5.14 Å². The number of benzene rings is 1. The molecule has 0 fully saturated rings. The van der Waals surface area contributed by atoms with Crippen LogP contribution >= 0.6 is 0 Å². The van der Waals surface area contributed by atoms with E-state index in [4.69, 9.17) is 9.88 Å². The number of hydrogen-bond acceptors (Lipinski definition) is 6. The fourth-order valence-electron chi connectivity index (χ4n) is 2.30. The van der Waals surface area contributed by atoms with Gasteiger partial charge in [-0.2, -0.15) is 5.10 Å². The number of rotatable bonds is 4. The summed E-state index contributed by atoms with van der Waals surface area (Å²) in [5, 5.41) is 9.65. The lowest BCUT2D eigenvalue weighted by Crippen LogP contribution is -2.21. The highest BCUT2D eigenvalue weighted by atomic mass is 32.2. The number of nitrogens with two attached hydrogens (primary N) is 1. The standard InChI is InChI=1S/C15H14N4O4S/c1-2-23-15(20)11-9-17-19(14(11)24(16,21)22)13-8-7-10-5-3-4-6-12(10)18-13/h3-9H,2H2,1H3,(H2,16,21,22). The van der Waals surface area contributed by atoms with E-state index in [0.717, 1.165) is 16.3 Å². The second-order valence-electron chi connectivity index (χ2n) is 4.90. The van der Waals surface area contributed by atoms with Crippen LogP contribution in [0.3, 0.4) is 0 Å². The maximum absolute atomic E-state index is 12.0. The quantitative estimate of drug-likeness (QED) is 0.710. The van der Waals surface area contributed by atoms with Gasteiger partial charge in [0.25, 0.3) is 10.0 Å². The van der Waals surface area contributed by atoms with E-state index < -0.39 is 21.0 Å². The van der Waals surface area contributed by atoms with Crippen LogP contribution in [0.25, 0.3) is 16.7 Å². The normalized spacial score (nSPS) is 11.6. The minimum absolute atomic E-state index is 0.0995. The summed E-state index contributed by atoms with van der Waals surface area (Å²) >= 11 is 0. The highest BCUT2D eigenvalue weighted by Gasteiger charge is 2.28. The number of esters is 1. The zero-order chi connectivity index (χ0) is 17.3. The minimum Gasteiger partial charge on any atom is -0.462 e. The number of carbonyl (C=O) groups excluding carboxylic acids is 1. The molecule has 0 atom stereocenters. The first-order valence-corrected chi connectivity index (χ1v) is 8.60. The molecule has 2 N–H and O–H groups in total. The lowest BCUT2D eigenvalue weighted by molar-refractivity contribution is 0.0521. The smallest absolute Gasteiger partial charge is 0.342 e. The molecule has 2 heterocycles. The van der Waals surface area contributed by atoms with Crippen molar-refractivity contribution in [1.29, 1.82) is 0 Å². The molecule has 3 rings (SSSR count). The molecule has 0 aliphatic heterocycles. The van der Waals surface area contributed by atoms with E-state index in [0.29, 0.717) is 5.52 Å². The van der Waals surface area contributed by atoms with Gasteiger partial charge in [-0.25, -0.2) is 28.0 Å². The van der Waals surface area contributed by atoms with Crippen LogP contribution in [-0.2, 0) is 14.8 Å². The van der Waals surface area contributed by atoms with Crippen molar-refractivity contribution in [3.05, 3.63) is 48.2 Å². The predicted molar refractivity (Wildman–Crippen MR) is 86.2 cm³/mol. The number of primary sulfonamides is 1. The molecule has 0 amide bonds. The van der Waals surface area contributed by atoms with E-state index >= 15 is 0 Å². The number of aromatic nitrogens is 3. The van der Waals surface area contributed by atoms with Crippen molar-refractivity contribution >= 4 is 26.9 Å². The van der Waals surface area contributed by atoms with Crippen LogP contribution < -0.4 is 5.14 Å². The van der Waals surface area contributed by atoms with Crippen LogP contribution in [-0.4, -0.2) is 35.8 Å². The number of fused-ring (bicyclic) bond motifs is 1. The predicted octanol–water partition coefficient (Wildman–Crippen LogP) is 1.24. The van der Waals surface area contributed by atoms with E-state index in [2.05, 4.69) is 10.1 Å². The largest absolute Gasteiger partial charge is 0.462 e. The van der Waals surface area contributed by atoms with E-state index in [-0.39, 0.29) is 18.0 Å². The van der Waals surface area contributed by atoms with E-state index in [1.807, 2.05) is 18.2 Å². The van der Waals surface area contributed by atoms with E-state index in [9.17, 15) is 13.2 Å². The first kappa shape index (κ1) is 16.1. The van der Waals surface area contributed by atoms with Gasteiger partial charge in [-0.15, -0.1) is 0 Å². The molecule has 8 nitrogen and oxygen atoms in total. The molecule has 0 aliphatic carbocycles. The fraction of sp³-hybridized carbons (Fsp3) is 0.133. The molecule has 0 saturated heterocycles. The van der Waals surface area contributed by atoms with Crippen molar-refractivity contribution < 1.29 is 17.9 Å². The summed E-state index contributed by atoms with van der Waals surface area (Å²) in [6.45, 7) is 1.71. The van der Waals surface area contributed by atoms with Crippen LogP contribution in [0.1, 0.15) is 17.3 Å². The van der Waals surface area contributed by atoms with Gasteiger partial charge in [-0.05, 0) is 25.1 Å². The monoisotopic (exact) mass is 346 g/mol. The van der Waals surface area contributed by atoms with E-state index in [1.165, 1.54) is 0 Å². The Balaban J connectivity index is 2.21. The Morgan fingerprint density at radius 2 is 2.00 bits per heavy atom. The van der Waals surface area contributed by atoms with Gasteiger partial charge in [-0.3, -0.25) is 0 Å². The van der Waals surface area contributed by atoms with Gasteiger partial charge in [0, 0.05) is 5.39 Å². The second kappa shape index (κ2) is 6.02. The second-order valence-corrected chi connectivity index (χ2v) is 6.38. The van der Waals surface area contributed by atoms with Crippen molar-refractivity contribution in [2.45, 2.75) is 11.9 Å². The molecule has 0 bridgehead atoms. The summed E-state index contributed by atoms with van der Waals surface area (Å²) in [4.78, 5) is 16.3. The number of carbonyl (C=O) groups is 1. The first-order valence-electron chi connectivity index (χ1n) is 7.06. The number of pyridine rings is 1. The van der Waals surface area contributed by atoms with E-state index in [1.54, 1.807) is 25.1 Å². The van der Waals surface area contributed by atoms with Crippen LogP contribution in [0.5, 0.6) is 0 Å². The summed E-state index contributed by atoms with van der Waals surface area (Å²) in [7, 11) is -4.23. The fourth-order valence-corrected chi connectivity index (χ4v) is 3.12. The molecule has 0 spiro atoms. The molecule has 2 aromatic heterocycles. The zero-order valence-corrected chi connectivity index (χ0v) is 13.5. The van der Waals surface area contributed by atoms with Gasteiger partial charge in [0.05, 0.1) is 18.3 Å². The lowest BCUT2D eigenvalue weighted by Gasteiger charge is -2.08. The third kappa shape index (κ3) is 2.86. The lowest BCUT2D eigenvalue weighted by atomic mass is 10.2. The average molecular weight is 346 g/mol. The van der Waals surface area contributed by atoms with Gasteiger partial charge in [0.1, 0.15) is 5.56 Å². The first-order chi connectivity index (χ1) is 11.4. The maximum Gasteiger partial charge on any atom is 0.342 e. The van der Waals surface area contributed by atoms with Crippen LogP contribution in [0.2, 0.25) is 0 Å². The molecule has 124 valence electrons. The minimum atomic E-state index is -4.23. The summed E-state index contributed by atoms with van der Waals surface area (Å²) < 4.78 is 29.8. The van der Waals surface area contributed by atoms with Crippen molar-refractivity contribution in [2.75, 3.05) is 6.61 Å². The van der Waals surface area contributed by atoms with Crippen molar-refractivity contribution in [1.82, 2.24) is 14.8 Å². The average Bonchev–Trinajstić information content (AvgIpc) is 3.00. The molecule has 24 heavy (non-hydrogen) atoms. The zero-order valence-electron chi connectivity index (χ0n) is 12.7. The Hall–Kier alpha value is -2.78. The third-order valence-corrected chi connectivity index (χ3v) is 4.22. The maximum atomic E-state index is 12.0. The molecular weight excluding hydrogens is 332 g/mol. The highest BCUT2D eigenvalue weighted by Crippen LogP contribution is 2.21. The highest BCUT2D eigenvalue weighted by molar-refractivity contribution is 7.89. The van der Waals surface area contributed by atoms with Gasteiger partial charge in [0.15, 0.2) is 10.8 Å².